The number of halogens is 5. The van der Waals surface area contributed by atoms with Crippen molar-refractivity contribution in [2.45, 2.75) is 25.2 Å². The van der Waals surface area contributed by atoms with Gasteiger partial charge in [-0.15, -0.1) is 13.2 Å². The van der Waals surface area contributed by atoms with Crippen LogP contribution in [0.1, 0.15) is 29.2 Å². The molecule has 25 heavy (non-hydrogen) atoms. The first kappa shape index (κ1) is 18.7. The molecule has 0 spiro atoms. The number of ether oxygens (including phenoxy) is 1. The summed E-state index contributed by atoms with van der Waals surface area (Å²) in [4.78, 5) is 23.3. The zero-order chi connectivity index (χ0) is 17.8. The van der Waals surface area contributed by atoms with Gasteiger partial charge < -0.3 is 14.4 Å². The summed E-state index contributed by atoms with van der Waals surface area (Å²) in [6.07, 6.45) is -3.52. The van der Waals surface area contributed by atoms with Crippen LogP contribution < -0.4 is 10.2 Å². The van der Waals surface area contributed by atoms with E-state index >= 15 is 0 Å². The lowest BCUT2D eigenvalue weighted by atomic mass is 10.1. The third kappa shape index (κ3) is 3.31. The second-order valence-corrected chi connectivity index (χ2v) is 5.26. The molecular formula is C14H8BF5NO4. The van der Waals surface area contributed by atoms with E-state index in [4.69, 9.17) is 5.11 Å². The number of aromatic nitrogens is 1. The second-order valence-electron chi connectivity index (χ2n) is 5.26. The van der Waals surface area contributed by atoms with Crippen molar-refractivity contribution in [2.75, 3.05) is 0 Å². The van der Waals surface area contributed by atoms with Crippen molar-refractivity contribution in [1.82, 2.24) is 4.57 Å². The van der Waals surface area contributed by atoms with Crippen LogP contribution in [0.4, 0.5) is 22.0 Å². The number of aromatic carboxylic acids is 1. The van der Waals surface area contributed by atoms with E-state index < -0.39 is 57.7 Å². The van der Waals surface area contributed by atoms with E-state index in [2.05, 4.69) is 4.74 Å². The predicted octanol–water partition coefficient (Wildman–Crippen LogP) is 2.83. The molecule has 5 nitrogen and oxygen atoms in total. The molecule has 1 fully saturated rings. The Bertz CT molecular complexity index is 920. The number of hydrogen-bond donors (Lipinski definition) is 1. The van der Waals surface area contributed by atoms with E-state index in [9.17, 15) is 31.5 Å². The Morgan fingerprint density at radius 1 is 1.28 bits per heavy atom. The molecule has 1 aromatic heterocycles. The second kappa shape index (κ2) is 6.05. The van der Waals surface area contributed by atoms with E-state index in [1.165, 1.54) is 0 Å². The maximum absolute atomic E-state index is 13.9. The van der Waals surface area contributed by atoms with Gasteiger partial charge in [0.15, 0.2) is 11.6 Å². The van der Waals surface area contributed by atoms with Gasteiger partial charge >= 0.3 is 12.3 Å². The minimum absolute atomic E-state index is 0. The summed E-state index contributed by atoms with van der Waals surface area (Å²) < 4.78 is 69.7. The van der Waals surface area contributed by atoms with Crippen molar-refractivity contribution in [1.29, 1.82) is 0 Å². The zero-order valence-electron chi connectivity index (χ0n) is 12.2. The fourth-order valence-corrected chi connectivity index (χ4v) is 2.43. The average molecular weight is 360 g/mol. The van der Waals surface area contributed by atoms with Crippen LogP contribution >= 0.6 is 0 Å². The molecular weight excluding hydrogens is 352 g/mol. The number of benzene rings is 1. The van der Waals surface area contributed by atoms with Crippen molar-refractivity contribution in [3.05, 3.63) is 39.7 Å². The summed E-state index contributed by atoms with van der Waals surface area (Å²) in [5, 5.41) is 8.34. The number of hydrogen-bond acceptors (Lipinski definition) is 3. The number of alkyl halides is 3. The van der Waals surface area contributed by atoms with Gasteiger partial charge in [0.25, 0.3) is 0 Å². The highest BCUT2D eigenvalue weighted by atomic mass is 19.4. The maximum Gasteiger partial charge on any atom is 0.573 e. The Labute approximate surface area is 138 Å². The molecule has 3 radical (unpaired) electrons. The average Bonchev–Trinajstić information content (AvgIpc) is 3.28. The van der Waals surface area contributed by atoms with Crippen molar-refractivity contribution in [3.8, 4) is 5.75 Å². The summed E-state index contributed by atoms with van der Waals surface area (Å²) in [6.45, 7) is 0. The van der Waals surface area contributed by atoms with Gasteiger partial charge in [0, 0.05) is 20.7 Å². The molecule has 1 N–H and O–H groups in total. The molecule has 2 aromatic rings. The van der Waals surface area contributed by atoms with E-state index in [1.807, 2.05) is 0 Å². The summed E-state index contributed by atoms with van der Waals surface area (Å²) in [5.41, 5.74) is -2.59. The van der Waals surface area contributed by atoms with Gasteiger partial charge in [0.1, 0.15) is 5.56 Å². The Morgan fingerprint density at radius 3 is 2.36 bits per heavy atom. The van der Waals surface area contributed by atoms with Gasteiger partial charge in [-0.1, -0.05) is 0 Å². The SMILES string of the molecule is O=C(O)c1cn(C2CC2)c2c(OC(F)(F)F)c(F)c(F)cc2c1=O.[B]. The van der Waals surface area contributed by atoms with Crippen LogP contribution in [0.15, 0.2) is 17.1 Å². The number of rotatable bonds is 3. The van der Waals surface area contributed by atoms with Gasteiger partial charge in [0.05, 0.1) is 10.9 Å². The lowest BCUT2D eigenvalue weighted by Gasteiger charge is -2.17. The predicted molar refractivity (Wildman–Crippen MR) is 75.8 cm³/mol. The Balaban J connectivity index is 0.00000225. The van der Waals surface area contributed by atoms with Crippen LogP contribution in [-0.2, 0) is 0 Å². The Hall–Kier alpha value is -2.59. The quantitative estimate of drug-likeness (QED) is 0.675. The molecule has 1 heterocycles. The molecule has 0 atom stereocenters. The normalized spacial score (nSPS) is 14.3. The summed E-state index contributed by atoms with van der Waals surface area (Å²) >= 11 is 0. The van der Waals surface area contributed by atoms with Gasteiger partial charge in [-0.05, 0) is 18.9 Å². The van der Waals surface area contributed by atoms with Gasteiger partial charge in [-0.25, -0.2) is 9.18 Å². The van der Waals surface area contributed by atoms with Crippen LogP contribution in [0, 0.1) is 11.6 Å². The third-order valence-corrected chi connectivity index (χ3v) is 3.55. The highest BCUT2D eigenvalue weighted by Gasteiger charge is 2.37. The lowest BCUT2D eigenvalue weighted by Crippen LogP contribution is -2.23. The largest absolute Gasteiger partial charge is 0.573 e. The molecule has 131 valence electrons. The highest BCUT2D eigenvalue weighted by Crippen LogP contribution is 2.41. The van der Waals surface area contributed by atoms with E-state index in [0.29, 0.717) is 18.9 Å². The molecule has 0 bridgehead atoms. The first-order valence-corrected chi connectivity index (χ1v) is 6.66. The lowest BCUT2D eigenvalue weighted by molar-refractivity contribution is -0.275. The number of nitrogens with zero attached hydrogens (tertiary/aromatic N) is 1. The van der Waals surface area contributed by atoms with Crippen LogP contribution in [0.5, 0.6) is 5.75 Å². The number of pyridine rings is 1. The van der Waals surface area contributed by atoms with Crippen LogP contribution in [0.3, 0.4) is 0 Å². The van der Waals surface area contributed by atoms with Crippen molar-refractivity contribution >= 4 is 25.3 Å². The van der Waals surface area contributed by atoms with E-state index in [1.54, 1.807) is 0 Å². The fraction of sp³-hybridized carbons (Fsp3) is 0.286. The van der Waals surface area contributed by atoms with Crippen molar-refractivity contribution in [3.63, 3.8) is 0 Å². The molecule has 1 aliphatic rings. The van der Waals surface area contributed by atoms with E-state index in [0.717, 1.165) is 10.8 Å². The molecule has 1 saturated carbocycles. The number of carbonyl (C=O) groups is 1. The molecule has 3 rings (SSSR count). The Kier molecular flexibility index (Phi) is 4.54. The van der Waals surface area contributed by atoms with Crippen LogP contribution in [-0.4, -0.2) is 30.4 Å². The first-order chi connectivity index (χ1) is 11.1. The maximum atomic E-state index is 13.9. The number of fused-ring (bicyclic) bond motifs is 1. The topological polar surface area (TPSA) is 68.5 Å². The van der Waals surface area contributed by atoms with Gasteiger partial charge in [0.2, 0.25) is 11.2 Å². The summed E-state index contributed by atoms with van der Waals surface area (Å²) in [7, 11) is 0. The minimum Gasteiger partial charge on any atom is -0.477 e. The minimum atomic E-state index is -5.32. The fourth-order valence-electron chi connectivity index (χ4n) is 2.43. The molecule has 0 aliphatic heterocycles. The van der Waals surface area contributed by atoms with Crippen LogP contribution in [0.25, 0.3) is 10.9 Å². The molecule has 11 heteroatoms. The molecule has 0 unspecified atom stereocenters. The molecule has 1 aliphatic carbocycles. The standard InChI is InChI=1S/C14H8F5NO4.B/c15-8-3-6-10(12(9(8)16)24-14(17,18)19)20(5-1-2-5)4-7(11(6)21)13(22)23;/h3-5H,1-2H2,(H,22,23);. The van der Waals surface area contributed by atoms with Gasteiger partial charge in [-0.2, -0.15) is 4.39 Å². The summed E-state index contributed by atoms with van der Waals surface area (Å²) in [6, 6.07) is -0.0479. The summed E-state index contributed by atoms with van der Waals surface area (Å²) in [5.74, 6) is -6.77. The van der Waals surface area contributed by atoms with Crippen molar-refractivity contribution < 1.29 is 36.6 Å². The van der Waals surface area contributed by atoms with Gasteiger partial charge in [-0.3, -0.25) is 4.79 Å². The monoisotopic (exact) mass is 360 g/mol. The smallest absolute Gasteiger partial charge is 0.477 e. The van der Waals surface area contributed by atoms with Crippen molar-refractivity contribution in [2.24, 2.45) is 0 Å². The van der Waals surface area contributed by atoms with E-state index in [-0.39, 0.29) is 8.41 Å². The third-order valence-electron chi connectivity index (χ3n) is 3.55. The molecule has 1 aromatic carbocycles. The Morgan fingerprint density at radius 2 is 1.88 bits per heavy atom. The molecule has 0 amide bonds. The zero-order valence-corrected chi connectivity index (χ0v) is 12.2. The number of carboxylic acids is 1. The van der Waals surface area contributed by atoms with Crippen LogP contribution in [0.2, 0.25) is 0 Å². The highest BCUT2D eigenvalue weighted by molar-refractivity contribution is 5.94. The number of carboxylic acid groups (broad SMARTS) is 1. The first-order valence-electron chi connectivity index (χ1n) is 6.66. The molecule has 0 saturated heterocycles.